The zero-order valence-electron chi connectivity index (χ0n) is 18.7. The third kappa shape index (κ3) is 12.3. The molecule has 0 bridgehead atoms. The first-order valence-electron chi connectivity index (χ1n) is 10.2. The zero-order chi connectivity index (χ0) is 25.6. The van der Waals surface area contributed by atoms with Gasteiger partial charge in [-0.3, -0.25) is 19.4 Å². The van der Waals surface area contributed by atoms with Crippen molar-refractivity contribution in [2.75, 3.05) is 25.2 Å². The van der Waals surface area contributed by atoms with Crippen LogP contribution < -0.4 is 33.2 Å². The normalized spacial score (nSPS) is 15.3. The van der Waals surface area contributed by atoms with Crippen LogP contribution in [0.5, 0.6) is 0 Å². The number of carbonyl (C=O) groups excluding carboxylic acids is 3. The van der Waals surface area contributed by atoms with E-state index in [0.29, 0.717) is 18.6 Å². The molecule has 0 saturated heterocycles. The molecule has 0 aliphatic heterocycles. The number of guanidine groups is 1. The van der Waals surface area contributed by atoms with Crippen LogP contribution in [0.1, 0.15) is 26.2 Å². The molecule has 12 N–H and O–H groups in total. The van der Waals surface area contributed by atoms with Crippen molar-refractivity contribution in [2.24, 2.45) is 22.2 Å². The molecule has 0 aromatic heterocycles. The van der Waals surface area contributed by atoms with Crippen LogP contribution in [-0.4, -0.2) is 100 Å². The van der Waals surface area contributed by atoms with Crippen LogP contribution in [-0.2, 0) is 19.2 Å². The number of hydrogen-bond donors (Lipinski definition) is 9. The minimum absolute atomic E-state index is 0.0894. The van der Waals surface area contributed by atoms with Crippen molar-refractivity contribution < 1.29 is 34.5 Å². The number of rotatable bonds is 16. The molecule has 190 valence electrons. The van der Waals surface area contributed by atoms with E-state index in [-0.39, 0.29) is 18.9 Å². The monoisotopic (exact) mass is 493 g/mol. The number of amides is 3. The van der Waals surface area contributed by atoms with Crippen LogP contribution in [0.15, 0.2) is 4.99 Å². The number of nitrogens with two attached hydrogens (primary N) is 3. The molecular weight excluding hydrogens is 458 g/mol. The summed E-state index contributed by atoms with van der Waals surface area (Å²) < 4.78 is 0. The van der Waals surface area contributed by atoms with E-state index in [2.05, 4.69) is 15.6 Å². The summed E-state index contributed by atoms with van der Waals surface area (Å²) in [5.41, 5.74) is 16.4. The molecule has 0 aromatic carbocycles. The molecule has 0 aliphatic rings. The van der Waals surface area contributed by atoms with Crippen molar-refractivity contribution in [1.29, 1.82) is 0 Å². The van der Waals surface area contributed by atoms with Gasteiger partial charge in [-0.25, -0.2) is 4.79 Å². The molecule has 14 nitrogen and oxygen atoms in total. The van der Waals surface area contributed by atoms with E-state index >= 15 is 0 Å². The van der Waals surface area contributed by atoms with Crippen molar-refractivity contribution in [2.45, 2.75) is 56.5 Å². The number of carboxylic acids is 1. The standard InChI is InChI=1S/C18H35N7O7S/c1-9(27)13(16(30)24-12(8-26)17(31)32)25-15(29)11(4-3-6-22-18(20)21)23-14(28)10(19)5-7-33-2/h9-13,26-27H,3-8,19H2,1-2H3,(H,23,28)(H,24,30)(H,25,29)(H,31,32)(H4,20,21,22). The fourth-order valence-electron chi connectivity index (χ4n) is 2.53. The molecule has 0 radical (unpaired) electrons. The Morgan fingerprint density at radius 2 is 1.61 bits per heavy atom. The highest BCUT2D eigenvalue weighted by Gasteiger charge is 2.32. The van der Waals surface area contributed by atoms with Gasteiger partial charge < -0.3 is 48.5 Å². The molecule has 3 amide bonds. The van der Waals surface area contributed by atoms with Gasteiger partial charge in [0.05, 0.1) is 18.8 Å². The number of aliphatic imine (C=N–C) groups is 1. The van der Waals surface area contributed by atoms with Gasteiger partial charge in [0.15, 0.2) is 5.96 Å². The van der Waals surface area contributed by atoms with Crippen molar-refractivity contribution in [1.82, 2.24) is 16.0 Å². The summed E-state index contributed by atoms with van der Waals surface area (Å²) in [6, 6.07) is -5.16. The maximum absolute atomic E-state index is 12.8. The fraction of sp³-hybridized carbons (Fsp3) is 0.722. The molecule has 0 rings (SSSR count). The minimum Gasteiger partial charge on any atom is -0.480 e. The second kappa shape index (κ2) is 16.1. The van der Waals surface area contributed by atoms with Gasteiger partial charge in [-0.2, -0.15) is 11.8 Å². The van der Waals surface area contributed by atoms with Crippen molar-refractivity contribution in [3.05, 3.63) is 0 Å². The second-order valence-corrected chi connectivity index (χ2v) is 8.19. The van der Waals surface area contributed by atoms with E-state index in [9.17, 15) is 24.3 Å². The van der Waals surface area contributed by atoms with E-state index in [1.54, 1.807) is 0 Å². The molecule has 5 atom stereocenters. The first-order chi connectivity index (χ1) is 15.4. The van der Waals surface area contributed by atoms with Gasteiger partial charge in [0, 0.05) is 6.54 Å². The lowest BCUT2D eigenvalue weighted by atomic mass is 10.1. The van der Waals surface area contributed by atoms with Gasteiger partial charge in [-0.05, 0) is 38.2 Å². The molecule has 0 aromatic rings. The fourth-order valence-corrected chi connectivity index (χ4v) is 3.02. The Balaban J connectivity index is 5.40. The Hall–Kier alpha value is -2.62. The van der Waals surface area contributed by atoms with E-state index in [1.165, 1.54) is 18.7 Å². The number of nitrogens with one attached hydrogen (secondary N) is 3. The number of thioether (sulfide) groups is 1. The maximum atomic E-state index is 12.8. The van der Waals surface area contributed by atoms with Crippen molar-refractivity contribution in [3.63, 3.8) is 0 Å². The molecule has 5 unspecified atom stereocenters. The van der Waals surface area contributed by atoms with Crippen LogP contribution in [0.2, 0.25) is 0 Å². The Labute approximate surface area is 196 Å². The summed E-state index contributed by atoms with van der Waals surface area (Å²) in [6.07, 6.45) is 1.21. The predicted molar refractivity (Wildman–Crippen MR) is 123 cm³/mol. The van der Waals surface area contributed by atoms with Gasteiger partial charge >= 0.3 is 5.97 Å². The SMILES string of the molecule is CSCCC(N)C(=O)NC(CCCN=C(N)N)C(=O)NC(C(=O)NC(CO)C(=O)O)C(C)O. The highest BCUT2D eigenvalue weighted by Crippen LogP contribution is 2.04. The highest BCUT2D eigenvalue weighted by molar-refractivity contribution is 7.98. The topological polar surface area (TPSA) is 255 Å². The van der Waals surface area contributed by atoms with Crippen LogP contribution in [0.3, 0.4) is 0 Å². The Morgan fingerprint density at radius 1 is 1.00 bits per heavy atom. The quantitative estimate of drug-likeness (QED) is 0.0569. The number of carboxylic acid groups (broad SMARTS) is 1. The van der Waals surface area contributed by atoms with Crippen LogP contribution in [0, 0.1) is 0 Å². The molecule has 0 aliphatic carbocycles. The predicted octanol–water partition coefficient (Wildman–Crippen LogP) is -3.97. The summed E-state index contributed by atoms with van der Waals surface area (Å²) in [4.78, 5) is 52.5. The lowest BCUT2D eigenvalue weighted by Crippen LogP contribution is -2.60. The van der Waals surface area contributed by atoms with Crippen LogP contribution in [0.25, 0.3) is 0 Å². The van der Waals surface area contributed by atoms with E-state index in [1.807, 2.05) is 11.6 Å². The van der Waals surface area contributed by atoms with E-state index < -0.39 is 60.6 Å². The Bertz CT molecular complexity index is 689. The smallest absolute Gasteiger partial charge is 0.328 e. The molecule has 33 heavy (non-hydrogen) atoms. The van der Waals surface area contributed by atoms with Gasteiger partial charge in [0.2, 0.25) is 17.7 Å². The first-order valence-corrected chi connectivity index (χ1v) is 11.6. The number of aliphatic carboxylic acids is 1. The average molecular weight is 494 g/mol. The number of nitrogens with zero attached hydrogens (tertiary/aromatic N) is 1. The highest BCUT2D eigenvalue weighted by atomic mass is 32.2. The third-order valence-electron chi connectivity index (χ3n) is 4.41. The largest absolute Gasteiger partial charge is 0.480 e. The summed E-state index contributed by atoms with van der Waals surface area (Å²) >= 11 is 1.51. The second-order valence-electron chi connectivity index (χ2n) is 7.21. The summed E-state index contributed by atoms with van der Waals surface area (Å²) in [6.45, 7) is 0.500. The lowest BCUT2D eigenvalue weighted by Gasteiger charge is -2.26. The number of aliphatic hydroxyl groups is 2. The summed E-state index contributed by atoms with van der Waals surface area (Å²) in [5.74, 6) is -3.40. The van der Waals surface area contributed by atoms with E-state index in [0.717, 1.165) is 0 Å². The molecule has 0 spiro atoms. The summed E-state index contributed by atoms with van der Waals surface area (Å²) in [5, 5.41) is 34.8. The van der Waals surface area contributed by atoms with Crippen LogP contribution in [0.4, 0.5) is 0 Å². The van der Waals surface area contributed by atoms with Gasteiger partial charge in [0.1, 0.15) is 18.1 Å². The van der Waals surface area contributed by atoms with Gasteiger partial charge in [-0.15, -0.1) is 0 Å². The number of hydrogen-bond acceptors (Lipinski definition) is 9. The van der Waals surface area contributed by atoms with Gasteiger partial charge in [-0.1, -0.05) is 0 Å². The van der Waals surface area contributed by atoms with Crippen molar-refractivity contribution in [3.8, 4) is 0 Å². The summed E-state index contributed by atoms with van der Waals surface area (Å²) in [7, 11) is 0. The maximum Gasteiger partial charge on any atom is 0.328 e. The van der Waals surface area contributed by atoms with Crippen LogP contribution >= 0.6 is 11.8 Å². The average Bonchev–Trinajstić information content (AvgIpc) is 2.74. The number of aliphatic hydroxyl groups excluding tert-OH is 2. The zero-order valence-corrected chi connectivity index (χ0v) is 19.5. The van der Waals surface area contributed by atoms with Crippen molar-refractivity contribution >= 4 is 41.4 Å². The molecule has 0 fully saturated rings. The molecule has 0 heterocycles. The first kappa shape index (κ1) is 30.4. The minimum atomic E-state index is -1.62. The number of carbonyl (C=O) groups is 4. The lowest BCUT2D eigenvalue weighted by molar-refractivity contribution is -0.144. The van der Waals surface area contributed by atoms with Gasteiger partial charge in [0.25, 0.3) is 0 Å². The molecular formula is C18H35N7O7S. The third-order valence-corrected chi connectivity index (χ3v) is 5.05. The molecule has 0 saturated carbocycles. The Kier molecular flexibility index (Phi) is 14.8. The molecule has 15 heteroatoms. The Morgan fingerprint density at radius 3 is 2.09 bits per heavy atom. The van der Waals surface area contributed by atoms with E-state index in [4.69, 9.17) is 27.4 Å².